The summed E-state index contributed by atoms with van der Waals surface area (Å²) in [6, 6.07) is 3.89. The predicted octanol–water partition coefficient (Wildman–Crippen LogP) is 2.40. The zero-order valence-corrected chi connectivity index (χ0v) is 11.1. The molecule has 1 aliphatic carbocycles. The zero-order chi connectivity index (χ0) is 11.8. The van der Waals surface area contributed by atoms with Crippen LogP contribution in [0, 0.1) is 5.92 Å². The number of allylic oxidation sites excluding steroid dienone is 4. The van der Waals surface area contributed by atoms with Gasteiger partial charge < -0.3 is 10.3 Å². The van der Waals surface area contributed by atoms with Crippen LogP contribution >= 0.6 is 22.6 Å². The van der Waals surface area contributed by atoms with Crippen molar-refractivity contribution in [3.8, 4) is 0 Å². The van der Waals surface area contributed by atoms with E-state index >= 15 is 0 Å². The maximum atomic E-state index is 11.9. The summed E-state index contributed by atoms with van der Waals surface area (Å²) in [4.78, 5) is 15.0. The highest BCUT2D eigenvalue weighted by atomic mass is 127. The van der Waals surface area contributed by atoms with E-state index in [1.807, 2.05) is 36.6 Å². The van der Waals surface area contributed by atoms with Gasteiger partial charge in [0.1, 0.15) is 0 Å². The highest BCUT2D eigenvalue weighted by Crippen LogP contribution is 2.36. The van der Waals surface area contributed by atoms with E-state index in [9.17, 15) is 4.79 Å². The molecule has 0 aromatic carbocycles. The van der Waals surface area contributed by atoms with E-state index in [1.54, 1.807) is 0 Å². The molecule has 2 aliphatic rings. The largest absolute Gasteiger partial charge is 0.362 e. The summed E-state index contributed by atoms with van der Waals surface area (Å²) in [7, 11) is 0. The average molecular weight is 338 g/mol. The van der Waals surface area contributed by atoms with Gasteiger partial charge in [0.2, 0.25) is 0 Å². The first-order valence-corrected chi connectivity index (χ1v) is 6.69. The van der Waals surface area contributed by atoms with E-state index in [0.29, 0.717) is 3.92 Å². The van der Waals surface area contributed by atoms with Crippen molar-refractivity contribution in [3.05, 3.63) is 53.5 Å². The Bertz CT molecular complexity index is 540. The van der Waals surface area contributed by atoms with Crippen LogP contribution in [0.3, 0.4) is 0 Å². The van der Waals surface area contributed by atoms with Gasteiger partial charge in [-0.3, -0.25) is 4.79 Å². The quantitative estimate of drug-likeness (QED) is 0.461. The number of carbonyl (C=O) groups is 1. The number of hydrogen-bond acceptors (Lipinski definition) is 1. The van der Waals surface area contributed by atoms with E-state index < -0.39 is 0 Å². The molecule has 2 unspecified atom stereocenters. The SMILES string of the molecule is O=C1NC2=CC=CC(I)C2C1=Cc1ccc[nH]1. The normalized spacial score (nSPS) is 29.1. The van der Waals surface area contributed by atoms with Crippen LogP contribution in [-0.2, 0) is 4.79 Å². The van der Waals surface area contributed by atoms with Crippen LogP contribution in [0.15, 0.2) is 47.8 Å². The lowest BCUT2D eigenvalue weighted by molar-refractivity contribution is -0.115. The van der Waals surface area contributed by atoms with Gasteiger partial charge in [-0.2, -0.15) is 0 Å². The number of aromatic nitrogens is 1. The summed E-state index contributed by atoms with van der Waals surface area (Å²) in [5.41, 5.74) is 2.81. The van der Waals surface area contributed by atoms with E-state index in [1.165, 1.54) is 0 Å². The molecule has 0 spiro atoms. The van der Waals surface area contributed by atoms with E-state index in [0.717, 1.165) is 17.0 Å². The molecule has 86 valence electrons. The summed E-state index contributed by atoms with van der Waals surface area (Å²) < 4.78 is 0.327. The van der Waals surface area contributed by atoms with Gasteiger partial charge in [-0.1, -0.05) is 34.7 Å². The van der Waals surface area contributed by atoms with Crippen LogP contribution in [0.2, 0.25) is 0 Å². The van der Waals surface area contributed by atoms with Gasteiger partial charge in [0.05, 0.1) is 0 Å². The highest BCUT2D eigenvalue weighted by molar-refractivity contribution is 14.1. The molecule has 3 nitrogen and oxygen atoms in total. The summed E-state index contributed by atoms with van der Waals surface area (Å²) >= 11 is 2.37. The molecule has 2 N–H and O–H groups in total. The highest BCUT2D eigenvalue weighted by Gasteiger charge is 2.37. The number of carbonyl (C=O) groups excluding carboxylic acids is 1. The molecule has 0 radical (unpaired) electrons. The van der Waals surface area contributed by atoms with Gasteiger partial charge >= 0.3 is 0 Å². The maximum Gasteiger partial charge on any atom is 0.252 e. The monoisotopic (exact) mass is 338 g/mol. The Balaban J connectivity index is 2.02. The molecule has 1 aliphatic heterocycles. The number of amides is 1. The first-order chi connectivity index (χ1) is 8.25. The predicted molar refractivity (Wildman–Crippen MR) is 75.4 cm³/mol. The van der Waals surface area contributed by atoms with Crippen molar-refractivity contribution >= 4 is 34.6 Å². The second-order valence-electron chi connectivity index (χ2n) is 4.11. The molecular weight excluding hydrogens is 327 g/mol. The van der Waals surface area contributed by atoms with Crippen molar-refractivity contribution in [1.82, 2.24) is 10.3 Å². The minimum absolute atomic E-state index is 0.0150. The summed E-state index contributed by atoms with van der Waals surface area (Å²) in [6.45, 7) is 0. The van der Waals surface area contributed by atoms with Crippen molar-refractivity contribution in [2.75, 3.05) is 0 Å². The van der Waals surface area contributed by atoms with E-state index in [-0.39, 0.29) is 11.8 Å². The molecule has 2 atom stereocenters. The van der Waals surface area contributed by atoms with Crippen molar-refractivity contribution < 1.29 is 4.79 Å². The third kappa shape index (κ3) is 1.86. The lowest BCUT2D eigenvalue weighted by Gasteiger charge is -2.18. The Labute approximate surface area is 113 Å². The van der Waals surface area contributed by atoms with Crippen LogP contribution in [0.1, 0.15) is 5.69 Å². The molecule has 1 aromatic heterocycles. The Morgan fingerprint density at radius 1 is 1.41 bits per heavy atom. The molecule has 1 aromatic rings. The third-order valence-electron chi connectivity index (χ3n) is 3.01. The minimum Gasteiger partial charge on any atom is -0.362 e. The van der Waals surface area contributed by atoms with Crippen molar-refractivity contribution in [2.24, 2.45) is 5.92 Å². The van der Waals surface area contributed by atoms with Crippen LogP contribution < -0.4 is 5.32 Å². The fraction of sp³-hybridized carbons (Fsp3) is 0.154. The summed E-state index contributed by atoms with van der Waals surface area (Å²) in [5.74, 6) is 0.178. The zero-order valence-electron chi connectivity index (χ0n) is 8.98. The molecule has 1 amide bonds. The summed E-state index contributed by atoms with van der Waals surface area (Å²) in [6.07, 6.45) is 9.90. The standard InChI is InChI=1S/C13H11IN2O/c14-10-4-1-5-11-12(10)9(13(17)16-11)7-8-3-2-6-15-8/h1-7,10,12,15H,(H,16,17). The first kappa shape index (κ1) is 10.8. The van der Waals surface area contributed by atoms with Gasteiger partial charge in [-0.05, 0) is 24.3 Å². The number of aromatic amines is 1. The summed E-state index contributed by atoms with van der Waals surface area (Å²) in [5, 5.41) is 2.93. The molecule has 0 saturated carbocycles. The van der Waals surface area contributed by atoms with Crippen molar-refractivity contribution in [2.45, 2.75) is 3.92 Å². The molecule has 2 heterocycles. The second kappa shape index (κ2) is 4.18. The fourth-order valence-electron chi connectivity index (χ4n) is 2.21. The number of fused-ring (bicyclic) bond motifs is 1. The van der Waals surface area contributed by atoms with Crippen LogP contribution in [0.4, 0.5) is 0 Å². The van der Waals surface area contributed by atoms with Gasteiger partial charge in [-0.25, -0.2) is 0 Å². The Morgan fingerprint density at radius 2 is 2.29 bits per heavy atom. The molecule has 1 saturated heterocycles. The lowest BCUT2D eigenvalue weighted by Crippen LogP contribution is -2.17. The van der Waals surface area contributed by atoms with E-state index in [4.69, 9.17) is 0 Å². The third-order valence-corrected chi connectivity index (χ3v) is 4.15. The molecular formula is C13H11IN2O. The van der Waals surface area contributed by atoms with Gasteiger partial charge in [0.15, 0.2) is 0 Å². The van der Waals surface area contributed by atoms with Gasteiger partial charge in [-0.15, -0.1) is 0 Å². The Hall–Kier alpha value is -1.30. The van der Waals surface area contributed by atoms with Crippen molar-refractivity contribution in [3.63, 3.8) is 0 Å². The number of rotatable bonds is 1. The molecule has 4 heteroatoms. The number of hydrogen-bond donors (Lipinski definition) is 2. The van der Waals surface area contributed by atoms with Gasteiger partial charge in [0, 0.05) is 33.0 Å². The fourth-order valence-corrected chi connectivity index (χ4v) is 3.23. The number of halogens is 1. The van der Waals surface area contributed by atoms with Crippen LogP contribution in [-0.4, -0.2) is 14.8 Å². The average Bonchev–Trinajstić information content (AvgIpc) is 2.89. The van der Waals surface area contributed by atoms with E-state index in [2.05, 4.69) is 39.0 Å². The second-order valence-corrected chi connectivity index (χ2v) is 5.55. The molecule has 1 fully saturated rings. The first-order valence-electron chi connectivity index (χ1n) is 5.44. The van der Waals surface area contributed by atoms with Crippen LogP contribution in [0.25, 0.3) is 6.08 Å². The number of nitrogens with one attached hydrogen (secondary N) is 2. The number of alkyl halides is 1. The maximum absolute atomic E-state index is 11.9. The van der Waals surface area contributed by atoms with Gasteiger partial charge in [0.25, 0.3) is 5.91 Å². The topological polar surface area (TPSA) is 44.9 Å². The molecule has 17 heavy (non-hydrogen) atoms. The minimum atomic E-state index is 0.0150. The number of H-pyrrole nitrogens is 1. The molecule has 3 rings (SSSR count). The Morgan fingerprint density at radius 3 is 3.06 bits per heavy atom. The molecule has 0 bridgehead atoms. The van der Waals surface area contributed by atoms with Crippen LogP contribution in [0.5, 0.6) is 0 Å². The lowest BCUT2D eigenvalue weighted by atomic mass is 9.92. The smallest absolute Gasteiger partial charge is 0.252 e. The van der Waals surface area contributed by atoms with Crippen molar-refractivity contribution in [1.29, 1.82) is 0 Å². The Kier molecular flexibility index (Phi) is 2.66.